The number of benzene rings is 1. The molecule has 2 N–H and O–H groups in total. The Bertz CT molecular complexity index is 540. The third-order valence-corrected chi connectivity index (χ3v) is 4.41. The highest BCUT2D eigenvalue weighted by molar-refractivity contribution is 5.99. The standard InChI is InChI=1S/C15H17NO3/c16-14(18)19-15-8-4-3-5-10(15)9-13(17)11-6-1-2-7-12(11)15/h1-2,6-7,10H,3-5,8-9H2,(H2,16,18). The number of rotatable bonds is 1. The number of ether oxygens (including phenoxy) is 1. The van der Waals surface area contributed by atoms with E-state index in [1.807, 2.05) is 24.3 Å². The molecule has 0 aliphatic heterocycles. The molecule has 0 bridgehead atoms. The molecule has 1 aromatic rings. The highest BCUT2D eigenvalue weighted by atomic mass is 16.6. The van der Waals surface area contributed by atoms with E-state index >= 15 is 0 Å². The lowest BCUT2D eigenvalue weighted by Crippen LogP contribution is -2.47. The summed E-state index contributed by atoms with van der Waals surface area (Å²) in [4.78, 5) is 23.5. The van der Waals surface area contributed by atoms with E-state index in [1.54, 1.807) is 0 Å². The number of hydrogen-bond donors (Lipinski definition) is 1. The Morgan fingerprint density at radius 1 is 1.32 bits per heavy atom. The number of primary amides is 1. The minimum atomic E-state index is -0.754. The smallest absolute Gasteiger partial charge is 0.405 e. The van der Waals surface area contributed by atoms with Crippen molar-refractivity contribution in [3.05, 3.63) is 35.4 Å². The van der Waals surface area contributed by atoms with Gasteiger partial charge in [0.05, 0.1) is 0 Å². The molecule has 0 aromatic heterocycles. The van der Waals surface area contributed by atoms with E-state index < -0.39 is 11.7 Å². The van der Waals surface area contributed by atoms with Crippen LogP contribution in [-0.2, 0) is 10.3 Å². The summed E-state index contributed by atoms with van der Waals surface area (Å²) >= 11 is 0. The van der Waals surface area contributed by atoms with Crippen molar-refractivity contribution in [1.82, 2.24) is 0 Å². The summed E-state index contributed by atoms with van der Waals surface area (Å²) in [6.07, 6.45) is 3.43. The van der Waals surface area contributed by atoms with Gasteiger partial charge in [-0.25, -0.2) is 4.79 Å². The van der Waals surface area contributed by atoms with Crippen molar-refractivity contribution >= 4 is 11.9 Å². The second-order valence-corrected chi connectivity index (χ2v) is 5.43. The van der Waals surface area contributed by atoms with Crippen molar-refractivity contribution in [2.75, 3.05) is 0 Å². The number of ketones is 1. The highest BCUT2D eigenvalue weighted by Gasteiger charge is 2.50. The van der Waals surface area contributed by atoms with Gasteiger partial charge >= 0.3 is 6.09 Å². The topological polar surface area (TPSA) is 69.4 Å². The maximum Gasteiger partial charge on any atom is 0.405 e. The summed E-state index contributed by atoms with van der Waals surface area (Å²) in [5.41, 5.74) is 6.11. The zero-order chi connectivity index (χ0) is 13.5. The zero-order valence-corrected chi connectivity index (χ0v) is 10.7. The molecule has 1 aromatic carbocycles. The van der Waals surface area contributed by atoms with E-state index in [4.69, 9.17) is 10.5 Å². The molecule has 1 saturated carbocycles. The molecule has 2 unspecified atom stereocenters. The quantitative estimate of drug-likeness (QED) is 0.843. The van der Waals surface area contributed by atoms with Crippen LogP contribution in [0.25, 0.3) is 0 Å². The second-order valence-electron chi connectivity index (χ2n) is 5.43. The van der Waals surface area contributed by atoms with Crippen LogP contribution in [0.3, 0.4) is 0 Å². The molecule has 0 radical (unpaired) electrons. The number of fused-ring (bicyclic) bond motifs is 3. The predicted octanol–water partition coefficient (Wildman–Crippen LogP) is 2.75. The van der Waals surface area contributed by atoms with Crippen LogP contribution in [0.2, 0.25) is 0 Å². The van der Waals surface area contributed by atoms with E-state index in [-0.39, 0.29) is 11.7 Å². The van der Waals surface area contributed by atoms with Crippen LogP contribution in [0.1, 0.15) is 48.0 Å². The van der Waals surface area contributed by atoms with Gasteiger partial charge in [-0.2, -0.15) is 0 Å². The third kappa shape index (κ3) is 1.82. The minimum absolute atomic E-state index is 0.0659. The van der Waals surface area contributed by atoms with E-state index in [0.717, 1.165) is 31.2 Å². The first-order valence-electron chi connectivity index (χ1n) is 6.74. The molecule has 19 heavy (non-hydrogen) atoms. The number of carbonyl (C=O) groups excluding carboxylic acids is 2. The summed E-state index contributed by atoms with van der Waals surface area (Å²) < 4.78 is 5.54. The highest BCUT2D eigenvalue weighted by Crippen LogP contribution is 2.50. The van der Waals surface area contributed by atoms with Gasteiger partial charge in [0.2, 0.25) is 0 Å². The molecule has 100 valence electrons. The van der Waals surface area contributed by atoms with Crippen LogP contribution in [0.15, 0.2) is 24.3 Å². The molecule has 4 heteroatoms. The third-order valence-electron chi connectivity index (χ3n) is 4.41. The summed E-state index contributed by atoms with van der Waals surface area (Å²) in [7, 11) is 0. The molecule has 0 saturated heterocycles. The molecule has 1 amide bonds. The lowest BCUT2D eigenvalue weighted by Gasteiger charge is -2.46. The van der Waals surface area contributed by atoms with Crippen molar-refractivity contribution in [1.29, 1.82) is 0 Å². The van der Waals surface area contributed by atoms with Gasteiger partial charge in [0.25, 0.3) is 0 Å². The van der Waals surface area contributed by atoms with Crippen LogP contribution in [-0.4, -0.2) is 11.9 Å². The fraction of sp³-hybridized carbons (Fsp3) is 0.467. The van der Waals surface area contributed by atoms with Gasteiger partial charge in [-0.1, -0.05) is 30.7 Å². The Morgan fingerprint density at radius 2 is 2.11 bits per heavy atom. The van der Waals surface area contributed by atoms with Crippen LogP contribution in [0.4, 0.5) is 4.79 Å². The predicted molar refractivity (Wildman–Crippen MR) is 69.7 cm³/mol. The monoisotopic (exact) mass is 259 g/mol. The van der Waals surface area contributed by atoms with Crippen molar-refractivity contribution in [3.8, 4) is 0 Å². The Morgan fingerprint density at radius 3 is 2.89 bits per heavy atom. The second kappa shape index (κ2) is 4.37. The number of Topliss-reactive ketones (excluding diaryl/α,β-unsaturated/α-hetero) is 1. The van der Waals surface area contributed by atoms with Crippen LogP contribution >= 0.6 is 0 Å². The van der Waals surface area contributed by atoms with E-state index in [2.05, 4.69) is 0 Å². The Balaban J connectivity index is 2.16. The maximum atomic E-state index is 12.2. The number of carbonyl (C=O) groups is 2. The molecule has 2 aliphatic rings. The first-order valence-corrected chi connectivity index (χ1v) is 6.74. The van der Waals surface area contributed by atoms with Gasteiger partial charge in [-0.15, -0.1) is 0 Å². The maximum absolute atomic E-state index is 12.2. The molecular weight excluding hydrogens is 242 g/mol. The largest absolute Gasteiger partial charge is 0.438 e. The zero-order valence-electron chi connectivity index (χ0n) is 10.7. The van der Waals surface area contributed by atoms with E-state index in [9.17, 15) is 9.59 Å². The Labute approximate surface area is 111 Å². The van der Waals surface area contributed by atoms with Crippen molar-refractivity contribution < 1.29 is 14.3 Å². The summed E-state index contributed by atoms with van der Waals surface area (Å²) in [5.74, 6) is 0.211. The van der Waals surface area contributed by atoms with E-state index in [0.29, 0.717) is 12.0 Å². The summed E-state index contributed by atoms with van der Waals surface area (Å²) in [6.45, 7) is 0. The van der Waals surface area contributed by atoms with Crippen LogP contribution in [0.5, 0.6) is 0 Å². The molecule has 1 fully saturated rings. The van der Waals surface area contributed by atoms with E-state index in [1.165, 1.54) is 0 Å². The fourth-order valence-electron chi connectivity index (χ4n) is 3.64. The van der Waals surface area contributed by atoms with Gasteiger partial charge in [0.15, 0.2) is 5.78 Å². The van der Waals surface area contributed by atoms with Crippen LogP contribution in [0, 0.1) is 5.92 Å². The average molecular weight is 259 g/mol. The number of hydrogen-bond acceptors (Lipinski definition) is 3. The summed E-state index contributed by atoms with van der Waals surface area (Å²) in [6, 6.07) is 7.44. The Kier molecular flexibility index (Phi) is 2.81. The number of amides is 1. The van der Waals surface area contributed by atoms with Gasteiger partial charge in [0, 0.05) is 23.5 Å². The van der Waals surface area contributed by atoms with Crippen LogP contribution < -0.4 is 5.73 Å². The van der Waals surface area contributed by atoms with Crippen molar-refractivity contribution in [2.45, 2.75) is 37.7 Å². The SMILES string of the molecule is NC(=O)OC12CCCCC1CC(=O)c1ccccc12. The lowest BCUT2D eigenvalue weighted by atomic mass is 9.64. The normalized spacial score (nSPS) is 29.3. The van der Waals surface area contributed by atoms with Gasteiger partial charge in [-0.05, 0) is 19.3 Å². The number of nitrogens with two attached hydrogens (primary N) is 1. The van der Waals surface area contributed by atoms with Gasteiger partial charge < -0.3 is 10.5 Å². The average Bonchev–Trinajstić information content (AvgIpc) is 2.40. The first-order chi connectivity index (χ1) is 9.13. The Hall–Kier alpha value is -1.84. The van der Waals surface area contributed by atoms with Gasteiger partial charge in [-0.3, -0.25) is 4.79 Å². The molecule has 0 spiro atoms. The van der Waals surface area contributed by atoms with Crippen molar-refractivity contribution in [3.63, 3.8) is 0 Å². The molecule has 0 heterocycles. The first kappa shape index (κ1) is 12.2. The fourth-order valence-corrected chi connectivity index (χ4v) is 3.64. The molecular formula is C15H17NO3. The molecule has 4 nitrogen and oxygen atoms in total. The molecule has 2 aliphatic carbocycles. The summed E-state index contributed by atoms with van der Waals surface area (Å²) in [5, 5.41) is 0. The van der Waals surface area contributed by atoms with Gasteiger partial charge in [0.1, 0.15) is 5.60 Å². The van der Waals surface area contributed by atoms with Crippen molar-refractivity contribution in [2.24, 2.45) is 11.7 Å². The minimum Gasteiger partial charge on any atom is -0.438 e. The molecule has 3 rings (SSSR count). The molecule has 2 atom stereocenters. The lowest BCUT2D eigenvalue weighted by molar-refractivity contribution is -0.0664.